The maximum absolute atomic E-state index is 13.0. The van der Waals surface area contributed by atoms with Gasteiger partial charge in [-0.3, -0.25) is 9.78 Å². The van der Waals surface area contributed by atoms with E-state index in [2.05, 4.69) is 4.98 Å². The van der Waals surface area contributed by atoms with Crippen molar-refractivity contribution in [3.05, 3.63) is 30.1 Å². The van der Waals surface area contributed by atoms with Gasteiger partial charge in [0, 0.05) is 38.6 Å². The Morgan fingerprint density at radius 3 is 2.79 bits per heavy atom. The summed E-state index contributed by atoms with van der Waals surface area (Å²) >= 11 is 0. The first-order chi connectivity index (χ1) is 11.5. The Bertz CT molecular complexity index is 733. The lowest BCUT2D eigenvalue weighted by Gasteiger charge is -2.38. The molecule has 3 aliphatic rings. The van der Waals surface area contributed by atoms with Gasteiger partial charge in [0.25, 0.3) is 0 Å². The lowest BCUT2D eigenvalue weighted by Crippen LogP contribution is -2.50. The van der Waals surface area contributed by atoms with Crippen LogP contribution >= 0.6 is 0 Å². The number of likely N-dealkylation sites (tertiary alicyclic amines) is 1. The fourth-order valence-electron chi connectivity index (χ4n) is 4.02. The molecule has 2 aliphatic heterocycles. The Morgan fingerprint density at radius 1 is 1.25 bits per heavy atom. The SMILES string of the molecule is O=C1N(Cc2cccnc2)CC[C@]12CCCN(S(=O)(=O)C1CC1)C2. The highest BCUT2D eigenvalue weighted by atomic mass is 32.2. The Morgan fingerprint density at radius 2 is 2.08 bits per heavy atom. The van der Waals surface area contributed by atoms with Crippen molar-refractivity contribution >= 4 is 15.9 Å². The zero-order chi connectivity index (χ0) is 16.8. The Kier molecular flexibility index (Phi) is 3.88. The largest absolute Gasteiger partial charge is 0.338 e. The molecular formula is C17H23N3O3S. The van der Waals surface area contributed by atoms with E-state index in [0.717, 1.165) is 37.7 Å². The molecule has 1 aromatic heterocycles. The van der Waals surface area contributed by atoms with Crippen LogP contribution in [0.25, 0.3) is 0 Å². The first-order valence-corrected chi connectivity index (χ1v) is 10.2. The van der Waals surface area contributed by atoms with Crippen LogP contribution in [0.1, 0.15) is 37.7 Å². The minimum atomic E-state index is -3.20. The molecule has 0 N–H and O–H groups in total. The van der Waals surface area contributed by atoms with Gasteiger partial charge in [0.15, 0.2) is 0 Å². The minimum absolute atomic E-state index is 0.113. The van der Waals surface area contributed by atoms with E-state index in [1.807, 2.05) is 17.0 Å². The number of carbonyl (C=O) groups is 1. The molecule has 1 spiro atoms. The number of hydrogen-bond acceptors (Lipinski definition) is 4. The van der Waals surface area contributed by atoms with E-state index >= 15 is 0 Å². The summed E-state index contributed by atoms with van der Waals surface area (Å²) in [6.07, 6.45) is 7.37. The molecule has 2 saturated heterocycles. The molecule has 0 radical (unpaired) electrons. The number of nitrogens with zero attached hydrogens (tertiary/aromatic N) is 3. The average molecular weight is 349 g/mol. The zero-order valence-electron chi connectivity index (χ0n) is 13.7. The first kappa shape index (κ1) is 16.0. The molecule has 7 heteroatoms. The zero-order valence-corrected chi connectivity index (χ0v) is 14.5. The number of rotatable bonds is 4. The van der Waals surface area contributed by atoms with Crippen molar-refractivity contribution in [3.8, 4) is 0 Å². The lowest BCUT2D eigenvalue weighted by molar-refractivity contribution is -0.138. The third kappa shape index (κ3) is 2.73. The predicted molar refractivity (Wildman–Crippen MR) is 89.5 cm³/mol. The van der Waals surface area contributed by atoms with Crippen LogP contribution < -0.4 is 0 Å². The van der Waals surface area contributed by atoms with E-state index < -0.39 is 15.4 Å². The van der Waals surface area contributed by atoms with Gasteiger partial charge in [-0.1, -0.05) is 6.07 Å². The molecular weight excluding hydrogens is 326 g/mol. The fourth-order valence-corrected chi connectivity index (χ4v) is 5.98. The molecule has 6 nitrogen and oxygen atoms in total. The normalized spacial score (nSPS) is 28.7. The topological polar surface area (TPSA) is 70.6 Å². The number of sulfonamides is 1. The quantitative estimate of drug-likeness (QED) is 0.824. The average Bonchev–Trinajstić information content (AvgIpc) is 3.41. The number of amides is 1. The second kappa shape index (κ2) is 5.81. The molecule has 1 amide bonds. The van der Waals surface area contributed by atoms with E-state index in [-0.39, 0.29) is 11.2 Å². The smallest absolute Gasteiger partial charge is 0.230 e. The predicted octanol–water partition coefficient (Wildman–Crippen LogP) is 1.39. The number of hydrogen-bond donors (Lipinski definition) is 0. The summed E-state index contributed by atoms with van der Waals surface area (Å²) in [5.41, 5.74) is 0.503. The van der Waals surface area contributed by atoms with Crippen molar-refractivity contribution in [2.75, 3.05) is 19.6 Å². The van der Waals surface area contributed by atoms with E-state index in [1.54, 1.807) is 16.7 Å². The van der Waals surface area contributed by atoms with Gasteiger partial charge in [0.05, 0.1) is 10.7 Å². The summed E-state index contributed by atoms with van der Waals surface area (Å²) in [5, 5.41) is -0.198. The van der Waals surface area contributed by atoms with Gasteiger partial charge >= 0.3 is 0 Å². The molecule has 1 aliphatic carbocycles. The number of pyridine rings is 1. The third-order valence-corrected chi connectivity index (χ3v) is 7.89. The summed E-state index contributed by atoms with van der Waals surface area (Å²) in [4.78, 5) is 19.0. The van der Waals surface area contributed by atoms with Gasteiger partial charge in [-0.05, 0) is 43.7 Å². The molecule has 3 fully saturated rings. The van der Waals surface area contributed by atoms with Crippen LogP contribution in [-0.4, -0.2) is 53.4 Å². The fraction of sp³-hybridized carbons (Fsp3) is 0.647. The maximum Gasteiger partial charge on any atom is 0.230 e. The van der Waals surface area contributed by atoms with Crippen LogP contribution in [0, 0.1) is 5.41 Å². The highest BCUT2D eigenvalue weighted by Gasteiger charge is 2.52. The van der Waals surface area contributed by atoms with E-state index in [0.29, 0.717) is 26.2 Å². The lowest BCUT2D eigenvalue weighted by atomic mass is 9.79. The molecule has 0 unspecified atom stereocenters. The van der Waals surface area contributed by atoms with Crippen molar-refractivity contribution in [1.82, 2.24) is 14.2 Å². The maximum atomic E-state index is 13.0. The molecule has 130 valence electrons. The summed E-state index contributed by atoms with van der Waals surface area (Å²) in [6, 6.07) is 3.84. The Labute approximate surface area is 142 Å². The van der Waals surface area contributed by atoms with Gasteiger partial charge < -0.3 is 4.90 Å². The highest BCUT2D eigenvalue weighted by molar-refractivity contribution is 7.90. The van der Waals surface area contributed by atoms with Gasteiger partial charge in [-0.2, -0.15) is 0 Å². The molecule has 24 heavy (non-hydrogen) atoms. The molecule has 0 aromatic carbocycles. The Hall–Kier alpha value is -1.47. The second-order valence-corrected chi connectivity index (χ2v) is 9.51. The molecule has 0 bridgehead atoms. The van der Waals surface area contributed by atoms with E-state index in [4.69, 9.17) is 0 Å². The van der Waals surface area contributed by atoms with Crippen LogP contribution in [0.3, 0.4) is 0 Å². The van der Waals surface area contributed by atoms with Gasteiger partial charge in [0.1, 0.15) is 0 Å². The van der Waals surface area contributed by atoms with E-state index in [9.17, 15) is 13.2 Å². The summed E-state index contributed by atoms with van der Waals surface area (Å²) in [7, 11) is -3.20. The molecule has 3 heterocycles. The summed E-state index contributed by atoms with van der Waals surface area (Å²) in [5.74, 6) is 0.113. The molecule has 1 saturated carbocycles. The van der Waals surface area contributed by atoms with Crippen LogP contribution in [0.2, 0.25) is 0 Å². The standard InChI is InChI=1S/C17H23N3O3S/c21-16-17(7-10-19(16)12-14-3-1-8-18-11-14)6-2-9-20(13-17)24(22,23)15-4-5-15/h1,3,8,11,15H,2,4-7,9-10,12-13H2/t17-/m0/s1. The van der Waals surface area contributed by atoms with Crippen molar-refractivity contribution in [3.63, 3.8) is 0 Å². The van der Waals surface area contributed by atoms with Crippen LogP contribution in [0.15, 0.2) is 24.5 Å². The van der Waals surface area contributed by atoms with Crippen molar-refractivity contribution in [1.29, 1.82) is 0 Å². The second-order valence-electron chi connectivity index (χ2n) is 7.30. The van der Waals surface area contributed by atoms with E-state index in [1.165, 1.54) is 0 Å². The number of carbonyl (C=O) groups excluding carboxylic acids is 1. The molecule has 4 rings (SSSR count). The Balaban J connectivity index is 1.50. The van der Waals surface area contributed by atoms with Crippen LogP contribution in [-0.2, 0) is 21.4 Å². The van der Waals surface area contributed by atoms with Gasteiger partial charge in [-0.25, -0.2) is 12.7 Å². The van der Waals surface area contributed by atoms with Crippen molar-refractivity contribution in [2.24, 2.45) is 5.41 Å². The first-order valence-electron chi connectivity index (χ1n) is 8.69. The van der Waals surface area contributed by atoms with Gasteiger partial charge in [-0.15, -0.1) is 0 Å². The monoisotopic (exact) mass is 349 g/mol. The third-order valence-electron chi connectivity index (χ3n) is 5.54. The van der Waals surface area contributed by atoms with Crippen LogP contribution in [0.5, 0.6) is 0 Å². The van der Waals surface area contributed by atoms with Gasteiger partial charge in [0.2, 0.25) is 15.9 Å². The van der Waals surface area contributed by atoms with Crippen LogP contribution in [0.4, 0.5) is 0 Å². The minimum Gasteiger partial charge on any atom is -0.338 e. The summed E-state index contributed by atoms with van der Waals surface area (Å²) < 4.78 is 26.7. The number of aromatic nitrogens is 1. The molecule has 1 aromatic rings. The van der Waals surface area contributed by atoms with Crippen molar-refractivity contribution < 1.29 is 13.2 Å². The highest BCUT2D eigenvalue weighted by Crippen LogP contribution is 2.43. The molecule has 1 atom stereocenters. The number of piperidine rings is 1. The van der Waals surface area contributed by atoms with Crippen molar-refractivity contribution in [2.45, 2.75) is 43.9 Å². The summed E-state index contributed by atoms with van der Waals surface area (Å²) in [6.45, 7) is 2.19.